The lowest BCUT2D eigenvalue weighted by Gasteiger charge is -2.60. The van der Waals surface area contributed by atoms with Gasteiger partial charge in [-0.2, -0.15) is 0 Å². The number of aliphatic hydroxyl groups excluding tert-OH is 1. The van der Waals surface area contributed by atoms with Gasteiger partial charge in [-0.25, -0.2) is 0 Å². The predicted molar refractivity (Wildman–Crippen MR) is 55.4 cm³/mol. The Bertz CT molecular complexity index is 254. The Labute approximate surface area is 90.4 Å². The minimum atomic E-state index is -0.731. The number of rotatable bonds is 2. The molecule has 3 saturated carbocycles. The van der Waals surface area contributed by atoms with Crippen LogP contribution in [0.4, 0.5) is 0 Å². The second-order valence-corrected chi connectivity index (χ2v) is 5.76. The Hall–Kier alpha value is -0.120. The van der Waals surface area contributed by atoms with E-state index in [1.54, 1.807) is 0 Å². The molecule has 3 aliphatic carbocycles. The van der Waals surface area contributed by atoms with Crippen molar-refractivity contribution in [3.05, 3.63) is 0 Å². The molecule has 0 amide bonds. The zero-order valence-electron chi connectivity index (χ0n) is 9.11. The van der Waals surface area contributed by atoms with Crippen LogP contribution in [0.2, 0.25) is 0 Å². The van der Waals surface area contributed by atoms with Crippen molar-refractivity contribution in [1.82, 2.24) is 0 Å². The minimum Gasteiger partial charge on any atom is -0.396 e. The lowest BCUT2D eigenvalue weighted by Crippen LogP contribution is -2.68. The van der Waals surface area contributed by atoms with Gasteiger partial charge in [-0.05, 0) is 31.1 Å². The Kier molecular flexibility index (Phi) is 2.14. The van der Waals surface area contributed by atoms with E-state index in [2.05, 4.69) is 0 Å². The van der Waals surface area contributed by atoms with Crippen molar-refractivity contribution in [1.29, 1.82) is 0 Å². The smallest absolute Gasteiger partial charge is 0.119 e. The highest BCUT2D eigenvalue weighted by Gasteiger charge is 2.61. The topological polar surface area (TPSA) is 49.7 Å². The summed E-state index contributed by atoms with van der Waals surface area (Å²) in [5.41, 5.74) is -0.974. The molecule has 2 N–H and O–H groups in total. The number of hydrogen-bond acceptors (Lipinski definition) is 3. The van der Waals surface area contributed by atoms with E-state index in [0.29, 0.717) is 19.1 Å². The minimum absolute atomic E-state index is 0.133. The summed E-state index contributed by atoms with van der Waals surface area (Å²) in [7, 11) is 0. The van der Waals surface area contributed by atoms with E-state index in [4.69, 9.17) is 4.74 Å². The fourth-order valence-electron chi connectivity index (χ4n) is 4.09. The van der Waals surface area contributed by atoms with Crippen LogP contribution in [-0.4, -0.2) is 35.6 Å². The van der Waals surface area contributed by atoms with Crippen LogP contribution in [0.1, 0.15) is 32.1 Å². The SMILES string of the molecule is OCC1(C2(O)COC2)CC2CCC1CC2. The summed E-state index contributed by atoms with van der Waals surface area (Å²) in [6.07, 6.45) is 5.97. The molecule has 1 atom stereocenters. The largest absolute Gasteiger partial charge is 0.396 e. The Morgan fingerprint density at radius 1 is 1.13 bits per heavy atom. The molecule has 0 aromatic carbocycles. The van der Waals surface area contributed by atoms with E-state index < -0.39 is 5.60 Å². The molecule has 2 bridgehead atoms. The maximum Gasteiger partial charge on any atom is 0.119 e. The standard InChI is InChI=1S/C12H20O3/c13-6-11(12(14)7-15-8-12)5-9-1-3-10(11)4-2-9/h9-10,13-14H,1-8H2. The third-order valence-corrected chi connectivity index (χ3v) is 5.17. The summed E-state index contributed by atoms with van der Waals surface area (Å²) in [6, 6.07) is 0. The van der Waals surface area contributed by atoms with Crippen molar-refractivity contribution in [2.75, 3.05) is 19.8 Å². The average molecular weight is 212 g/mol. The highest BCUT2D eigenvalue weighted by atomic mass is 16.5. The molecule has 0 spiro atoms. The molecular weight excluding hydrogens is 192 g/mol. The number of ether oxygens (including phenoxy) is 1. The van der Waals surface area contributed by atoms with E-state index in [0.717, 1.165) is 12.3 Å². The van der Waals surface area contributed by atoms with Gasteiger partial charge >= 0.3 is 0 Å². The summed E-state index contributed by atoms with van der Waals surface area (Å²) < 4.78 is 5.16. The molecule has 3 heteroatoms. The lowest BCUT2D eigenvalue weighted by molar-refractivity contribution is -0.283. The molecule has 0 aromatic rings. The molecule has 3 nitrogen and oxygen atoms in total. The van der Waals surface area contributed by atoms with Crippen LogP contribution in [-0.2, 0) is 4.74 Å². The third-order valence-electron chi connectivity index (χ3n) is 5.17. The van der Waals surface area contributed by atoms with Gasteiger partial charge in [0.15, 0.2) is 0 Å². The first-order valence-electron chi connectivity index (χ1n) is 6.11. The molecule has 1 saturated heterocycles. The van der Waals surface area contributed by atoms with Crippen molar-refractivity contribution in [3.8, 4) is 0 Å². The summed E-state index contributed by atoms with van der Waals surface area (Å²) in [5.74, 6) is 1.24. The van der Waals surface area contributed by atoms with Crippen molar-refractivity contribution >= 4 is 0 Å². The highest BCUT2D eigenvalue weighted by Crippen LogP contribution is 2.58. The molecule has 1 aliphatic heterocycles. The van der Waals surface area contributed by atoms with E-state index in [1.807, 2.05) is 0 Å². The van der Waals surface area contributed by atoms with Gasteiger partial charge in [0.25, 0.3) is 0 Å². The van der Waals surface area contributed by atoms with E-state index in [-0.39, 0.29) is 12.0 Å². The lowest BCUT2D eigenvalue weighted by atomic mass is 9.50. The Morgan fingerprint density at radius 3 is 2.13 bits per heavy atom. The van der Waals surface area contributed by atoms with Gasteiger partial charge in [0.05, 0.1) is 19.8 Å². The summed E-state index contributed by atoms with van der Waals surface area (Å²) in [6.45, 7) is 0.988. The van der Waals surface area contributed by atoms with Crippen molar-refractivity contribution in [3.63, 3.8) is 0 Å². The molecule has 1 unspecified atom stereocenters. The van der Waals surface area contributed by atoms with Crippen LogP contribution < -0.4 is 0 Å². The van der Waals surface area contributed by atoms with Gasteiger partial charge in [-0.15, -0.1) is 0 Å². The van der Waals surface area contributed by atoms with Crippen LogP contribution in [0, 0.1) is 17.3 Å². The normalized spacial score (nSPS) is 47.6. The van der Waals surface area contributed by atoms with Gasteiger partial charge in [0, 0.05) is 5.41 Å². The summed E-state index contributed by atoms with van der Waals surface area (Å²) >= 11 is 0. The summed E-state index contributed by atoms with van der Waals surface area (Å²) in [5, 5.41) is 20.3. The molecule has 1 heterocycles. The number of hydrogen-bond donors (Lipinski definition) is 2. The average Bonchev–Trinajstić information content (AvgIpc) is 2.27. The first kappa shape index (κ1) is 10.1. The monoisotopic (exact) mass is 212 g/mol. The van der Waals surface area contributed by atoms with Crippen LogP contribution in [0.15, 0.2) is 0 Å². The fourth-order valence-corrected chi connectivity index (χ4v) is 4.09. The molecule has 4 aliphatic rings. The van der Waals surface area contributed by atoms with Crippen LogP contribution in [0.3, 0.4) is 0 Å². The maximum atomic E-state index is 10.5. The van der Waals surface area contributed by atoms with Gasteiger partial charge in [-0.3, -0.25) is 0 Å². The van der Waals surface area contributed by atoms with Crippen molar-refractivity contribution < 1.29 is 14.9 Å². The van der Waals surface area contributed by atoms with Crippen LogP contribution >= 0.6 is 0 Å². The van der Waals surface area contributed by atoms with Gasteiger partial charge in [0.2, 0.25) is 0 Å². The molecule has 86 valence electrons. The maximum absolute atomic E-state index is 10.5. The molecule has 4 fully saturated rings. The summed E-state index contributed by atoms with van der Waals surface area (Å²) in [4.78, 5) is 0. The van der Waals surface area contributed by atoms with Crippen molar-refractivity contribution in [2.45, 2.75) is 37.7 Å². The quantitative estimate of drug-likeness (QED) is 0.716. The van der Waals surface area contributed by atoms with Crippen molar-refractivity contribution in [2.24, 2.45) is 17.3 Å². The second kappa shape index (κ2) is 3.19. The second-order valence-electron chi connectivity index (χ2n) is 5.76. The zero-order valence-corrected chi connectivity index (χ0v) is 9.11. The van der Waals surface area contributed by atoms with Gasteiger partial charge in [-0.1, -0.05) is 12.8 Å². The molecule has 0 radical (unpaired) electrons. The molecular formula is C12H20O3. The van der Waals surface area contributed by atoms with Crippen LogP contribution in [0.25, 0.3) is 0 Å². The fraction of sp³-hybridized carbons (Fsp3) is 1.00. The Morgan fingerprint density at radius 2 is 1.80 bits per heavy atom. The first-order valence-corrected chi connectivity index (χ1v) is 6.11. The predicted octanol–water partition coefficient (Wildman–Crippen LogP) is 0.936. The first-order chi connectivity index (χ1) is 7.20. The van der Waals surface area contributed by atoms with Gasteiger partial charge < -0.3 is 14.9 Å². The van der Waals surface area contributed by atoms with Gasteiger partial charge in [0.1, 0.15) is 5.60 Å². The molecule has 0 aromatic heterocycles. The van der Waals surface area contributed by atoms with E-state index in [1.165, 1.54) is 25.7 Å². The number of aliphatic hydroxyl groups is 2. The zero-order chi connectivity index (χ0) is 10.5. The highest BCUT2D eigenvalue weighted by molar-refractivity contribution is 5.10. The molecule has 15 heavy (non-hydrogen) atoms. The van der Waals surface area contributed by atoms with Crippen LogP contribution in [0.5, 0.6) is 0 Å². The van der Waals surface area contributed by atoms with E-state index >= 15 is 0 Å². The van der Waals surface area contributed by atoms with E-state index in [9.17, 15) is 10.2 Å². The number of fused-ring (bicyclic) bond motifs is 3. The Balaban J connectivity index is 1.92. The third kappa shape index (κ3) is 1.17. The molecule has 4 rings (SSSR count).